The maximum Gasteiger partial charge on any atom is 0.341 e. The van der Waals surface area contributed by atoms with Gasteiger partial charge in [-0.1, -0.05) is 34.8 Å². The molecule has 0 fully saturated rings. The molecule has 1 heterocycles. The monoisotopic (exact) mass is 332 g/mol. The third-order valence-electron chi connectivity index (χ3n) is 2.28. The maximum absolute atomic E-state index is 11.1. The number of nitrogens with zero attached hydrogens (tertiary/aromatic N) is 1. The summed E-state index contributed by atoms with van der Waals surface area (Å²) in [6, 6.07) is 3.99. The van der Waals surface area contributed by atoms with Gasteiger partial charge in [-0.2, -0.15) is 0 Å². The van der Waals surface area contributed by atoms with Gasteiger partial charge in [0, 0.05) is 6.07 Å². The molecule has 0 atom stereocenters. The van der Waals surface area contributed by atoms with E-state index in [2.05, 4.69) is 4.98 Å². The van der Waals surface area contributed by atoms with Crippen LogP contribution in [-0.4, -0.2) is 16.1 Å². The number of anilines is 1. The summed E-state index contributed by atoms with van der Waals surface area (Å²) in [6.07, 6.45) is 1.27. The van der Waals surface area contributed by atoms with Gasteiger partial charge >= 0.3 is 5.97 Å². The van der Waals surface area contributed by atoms with Crippen LogP contribution in [0.5, 0.6) is 11.6 Å². The summed E-state index contributed by atoms with van der Waals surface area (Å²) >= 11 is 17.6. The number of aromatic nitrogens is 1. The first kappa shape index (κ1) is 14.7. The SMILES string of the molecule is Nc1cnc(Oc2cc(Cl)c(Cl)cc2Cl)c(C(=O)O)c1. The van der Waals surface area contributed by atoms with E-state index in [9.17, 15) is 4.79 Å². The number of rotatable bonds is 3. The lowest BCUT2D eigenvalue weighted by molar-refractivity contribution is 0.0693. The number of nitrogens with two attached hydrogens (primary N) is 1. The molecule has 20 heavy (non-hydrogen) atoms. The molecule has 0 spiro atoms. The number of carboxylic acid groups (broad SMARTS) is 1. The van der Waals surface area contributed by atoms with Crippen LogP contribution in [0.4, 0.5) is 5.69 Å². The lowest BCUT2D eigenvalue weighted by Crippen LogP contribution is -2.03. The van der Waals surface area contributed by atoms with Gasteiger partial charge in [-0.05, 0) is 12.1 Å². The first-order valence-corrected chi connectivity index (χ1v) is 6.33. The van der Waals surface area contributed by atoms with Gasteiger partial charge in [0.05, 0.1) is 27.0 Å². The number of carbonyl (C=O) groups is 1. The molecule has 0 saturated carbocycles. The summed E-state index contributed by atoms with van der Waals surface area (Å²) in [5.41, 5.74) is 5.50. The first-order chi connectivity index (χ1) is 9.38. The van der Waals surface area contributed by atoms with Gasteiger partial charge in [-0.15, -0.1) is 0 Å². The molecule has 0 saturated heterocycles. The predicted octanol–water partition coefficient (Wildman–Crippen LogP) is 4.11. The van der Waals surface area contributed by atoms with Crippen molar-refractivity contribution >= 4 is 46.5 Å². The third kappa shape index (κ3) is 3.07. The summed E-state index contributed by atoms with van der Waals surface area (Å²) in [7, 11) is 0. The number of carboxylic acids is 1. The van der Waals surface area contributed by atoms with Gasteiger partial charge in [0.15, 0.2) is 0 Å². The minimum absolute atomic E-state index is 0.140. The number of hydrogen-bond donors (Lipinski definition) is 2. The van der Waals surface area contributed by atoms with E-state index in [4.69, 9.17) is 50.4 Å². The van der Waals surface area contributed by atoms with E-state index in [1.807, 2.05) is 0 Å². The highest BCUT2D eigenvalue weighted by Crippen LogP contribution is 2.36. The van der Waals surface area contributed by atoms with Crippen molar-refractivity contribution in [2.45, 2.75) is 0 Å². The summed E-state index contributed by atoms with van der Waals surface area (Å²) < 4.78 is 5.37. The van der Waals surface area contributed by atoms with Gasteiger partial charge < -0.3 is 15.6 Å². The summed E-state index contributed by atoms with van der Waals surface area (Å²) in [5, 5.41) is 9.73. The van der Waals surface area contributed by atoms with E-state index in [-0.39, 0.29) is 37.9 Å². The largest absolute Gasteiger partial charge is 0.477 e. The first-order valence-electron chi connectivity index (χ1n) is 5.19. The van der Waals surface area contributed by atoms with Crippen molar-refractivity contribution in [3.05, 3.63) is 45.0 Å². The van der Waals surface area contributed by atoms with Crippen molar-refractivity contribution in [3.8, 4) is 11.6 Å². The predicted molar refractivity (Wildman–Crippen MR) is 77.2 cm³/mol. The molecule has 8 heteroatoms. The maximum atomic E-state index is 11.1. The summed E-state index contributed by atoms with van der Waals surface area (Å²) in [4.78, 5) is 14.9. The quantitative estimate of drug-likeness (QED) is 0.825. The van der Waals surface area contributed by atoms with Crippen LogP contribution in [0.2, 0.25) is 15.1 Å². The Morgan fingerprint density at radius 1 is 1.15 bits per heavy atom. The Labute approximate surface area is 128 Å². The molecule has 3 N–H and O–H groups in total. The Morgan fingerprint density at radius 3 is 2.45 bits per heavy atom. The number of halogens is 3. The van der Waals surface area contributed by atoms with Crippen molar-refractivity contribution in [1.82, 2.24) is 4.98 Å². The number of ether oxygens (including phenoxy) is 1. The second kappa shape index (κ2) is 5.75. The summed E-state index contributed by atoms with van der Waals surface area (Å²) in [6.45, 7) is 0. The molecule has 2 aromatic rings. The van der Waals surface area contributed by atoms with Crippen LogP contribution in [0.3, 0.4) is 0 Å². The molecule has 0 unspecified atom stereocenters. The van der Waals surface area contributed by atoms with Crippen LogP contribution in [0, 0.1) is 0 Å². The normalized spacial score (nSPS) is 10.3. The highest BCUT2D eigenvalue weighted by molar-refractivity contribution is 6.43. The second-order valence-electron chi connectivity index (χ2n) is 3.73. The van der Waals surface area contributed by atoms with Crippen LogP contribution >= 0.6 is 34.8 Å². The molecule has 0 aliphatic carbocycles. The third-order valence-corrected chi connectivity index (χ3v) is 3.30. The lowest BCUT2D eigenvalue weighted by atomic mass is 10.2. The highest BCUT2D eigenvalue weighted by atomic mass is 35.5. The van der Waals surface area contributed by atoms with Gasteiger partial charge in [-0.25, -0.2) is 9.78 Å². The smallest absolute Gasteiger partial charge is 0.341 e. The molecule has 5 nitrogen and oxygen atoms in total. The van der Waals surface area contributed by atoms with E-state index in [1.54, 1.807) is 0 Å². The number of hydrogen-bond acceptors (Lipinski definition) is 4. The molecule has 0 radical (unpaired) electrons. The molecule has 0 aliphatic rings. The zero-order valence-corrected chi connectivity index (χ0v) is 12.0. The standard InChI is InChI=1S/C12H7Cl3N2O3/c13-7-2-9(15)10(3-8(7)14)20-11-6(12(18)19)1-5(16)4-17-11/h1-4H,16H2,(H,18,19). The molecule has 0 aliphatic heterocycles. The van der Waals surface area contributed by atoms with Crippen molar-refractivity contribution < 1.29 is 14.6 Å². The Balaban J connectivity index is 2.45. The van der Waals surface area contributed by atoms with Crippen molar-refractivity contribution in [2.75, 3.05) is 5.73 Å². The highest BCUT2D eigenvalue weighted by Gasteiger charge is 2.16. The van der Waals surface area contributed by atoms with Crippen LogP contribution in [-0.2, 0) is 0 Å². The zero-order chi connectivity index (χ0) is 14.9. The molecule has 1 aromatic carbocycles. The number of pyridine rings is 1. The van der Waals surface area contributed by atoms with E-state index in [0.29, 0.717) is 0 Å². The van der Waals surface area contributed by atoms with Crippen LogP contribution in [0.25, 0.3) is 0 Å². The number of benzene rings is 1. The van der Waals surface area contributed by atoms with Crippen molar-refractivity contribution in [3.63, 3.8) is 0 Å². The van der Waals surface area contributed by atoms with Crippen LogP contribution < -0.4 is 10.5 Å². The Morgan fingerprint density at radius 2 is 1.80 bits per heavy atom. The van der Waals surface area contributed by atoms with Gasteiger partial charge in [0.1, 0.15) is 11.3 Å². The molecule has 0 amide bonds. The molecule has 2 rings (SSSR count). The van der Waals surface area contributed by atoms with Gasteiger partial charge in [-0.3, -0.25) is 0 Å². The van der Waals surface area contributed by atoms with Gasteiger partial charge in [0.25, 0.3) is 0 Å². The fourth-order valence-corrected chi connectivity index (χ4v) is 1.97. The Hall–Kier alpha value is -1.69. The number of aromatic carboxylic acids is 1. The average molecular weight is 334 g/mol. The fourth-order valence-electron chi connectivity index (χ4n) is 1.39. The molecule has 1 aromatic heterocycles. The zero-order valence-electron chi connectivity index (χ0n) is 9.73. The minimum atomic E-state index is -1.23. The fraction of sp³-hybridized carbons (Fsp3) is 0. The van der Waals surface area contributed by atoms with E-state index < -0.39 is 5.97 Å². The topological polar surface area (TPSA) is 85.4 Å². The van der Waals surface area contributed by atoms with E-state index >= 15 is 0 Å². The summed E-state index contributed by atoms with van der Waals surface area (Å²) in [5.74, 6) is -1.23. The molecule has 104 valence electrons. The molecular formula is C12H7Cl3N2O3. The van der Waals surface area contributed by atoms with Gasteiger partial charge in [0.2, 0.25) is 5.88 Å². The molecule has 0 bridgehead atoms. The van der Waals surface area contributed by atoms with Crippen molar-refractivity contribution in [1.29, 1.82) is 0 Å². The Bertz CT molecular complexity index is 692. The second-order valence-corrected chi connectivity index (χ2v) is 4.95. The van der Waals surface area contributed by atoms with Crippen molar-refractivity contribution in [2.24, 2.45) is 0 Å². The van der Waals surface area contributed by atoms with E-state index in [1.165, 1.54) is 24.4 Å². The Kier molecular flexibility index (Phi) is 4.23. The van der Waals surface area contributed by atoms with Crippen LogP contribution in [0.15, 0.2) is 24.4 Å². The lowest BCUT2D eigenvalue weighted by Gasteiger charge is -2.10. The minimum Gasteiger partial charge on any atom is -0.477 e. The van der Waals surface area contributed by atoms with Crippen LogP contribution in [0.1, 0.15) is 10.4 Å². The molecular weight excluding hydrogens is 327 g/mol. The average Bonchev–Trinajstić information content (AvgIpc) is 2.37. The van der Waals surface area contributed by atoms with E-state index in [0.717, 1.165) is 0 Å². The number of nitrogen functional groups attached to an aromatic ring is 1.